The summed E-state index contributed by atoms with van der Waals surface area (Å²) in [5, 5.41) is 23.3. The number of hydrogen-bond donors (Lipinski definition) is 3. The Morgan fingerprint density at radius 2 is 1.82 bits per heavy atom. The first-order chi connectivity index (χ1) is 10.7. The van der Waals surface area contributed by atoms with Gasteiger partial charge < -0.3 is 15.7 Å². The number of carboxylic acids is 1. The number of carboxylic acid groups (broad SMARTS) is 1. The number of nitrogens with one attached hydrogen (secondary N) is 2. The number of nitriles is 1. The highest BCUT2D eigenvalue weighted by Crippen LogP contribution is 2.13. The Balaban J connectivity index is 2.20. The number of anilines is 1. The van der Waals surface area contributed by atoms with E-state index in [2.05, 4.69) is 15.6 Å². The SMILES string of the molecule is N#Cc1ccc(N=C(NCC(=O)O)Nc2ccccc2)cc1. The van der Waals surface area contributed by atoms with Crippen LogP contribution in [0, 0.1) is 11.3 Å². The number of aliphatic imine (C=N–C) groups is 1. The van der Waals surface area contributed by atoms with Gasteiger partial charge in [0.2, 0.25) is 5.96 Å². The summed E-state index contributed by atoms with van der Waals surface area (Å²) in [5.74, 6) is -0.666. The van der Waals surface area contributed by atoms with Crippen molar-refractivity contribution in [1.29, 1.82) is 5.26 Å². The molecule has 6 nitrogen and oxygen atoms in total. The second kappa shape index (κ2) is 7.45. The maximum Gasteiger partial charge on any atom is 0.322 e. The topological polar surface area (TPSA) is 97.5 Å². The van der Waals surface area contributed by atoms with Gasteiger partial charge in [-0.25, -0.2) is 4.99 Å². The van der Waals surface area contributed by atoms with Crippen molar-refractivity contribution < 1.29 is 9.90 Å². The number of benzene rings is 2. The van der Waals surface area contributed by atoms with Gasteiger partial charge in [0.25, 0.3) is 0 Å². The molecule has 2 aromatic rings. The van der Waals surface area contributed by atoms with Gasteiger partial charge in [-0.3, -0.25) is 4.79 Å². The van der Waals surface area contributed by atoms with Gasteiger partial charge in [-0.15, -0.1) is 0 Å². The van der Waals surface area contributed by atoms with Crippen molar-refractivity contribution in [2.45, 2.75) is 0 Å². The third kappa shape index (κ3) is 4.65. The van der Waals surface area contributed by atoms with Crippen LogP contribution in [0.3, 0.4) is 0 Å². The van der Waals surface area contributed by atoms with Gasteiger partial charge in [-0.05, 0) is 36.4 Å². The first-order valence-corrected chi connectivity index (χ1v) is 6.54. The normalized spacial score (nSPS) is 10.6. The number of para-hydroxylation sites is 1. The fourth-order valence-corrected chi connectivity index (χ4v) is 1.67. The number of hydrogen-bond acceptors (Lipinski definition) is 3. The molecule has 0 amide bonds. The number of rotatable bonds is 4. The van der Waals surface area contributed by atoms with Gasteiger partial charge in [-0.1, -0.05) is 18.2 Å². The summed E-state index contributed by atoms with van der Waals surface area (Å²) in [6.07, 6.45) is 0. The third-order valence-corrected chi connectivity index (χ3v) is 2.68. The van der Waals surface area contributed by atoms with E-state index < -0.39 is 5.97 Å². The van der Waals surface area contributed by atoms with Crippen molar-refractivity contribution >= 4 is 23.3 Å². The number of carbonyl (C=O) groups is 1. The van der Waals surface area contributed by atoms with E-state index in [0.717, 1.165) is 5.69 Å². The third-order valence-electron chi connectivity index (χ3n) is 2.68. The fraction of sp³-hybridized carbons (Fsp3) is 0.0625. The maximum absolute atomic E-state index is 10.7. The molecule has 3 N–H and O–H groups in total. The predicted molar refractivity (Wildman–Crippen MR) is 84.0 cm³/mol. The van der Waals surface area contributed by atoms with Crippen LogP contribution in [0.4, 0.5) is 11.4 Å². The van der Waals surface area contributed by atoms with Crippen LogP contribution in [0.5, 0.6) is 0 Å². The molecule has 110 valence electrons. The highest BCUT2D eigenvalue weighted by molar-refractivity contribution is 5.96. The maximum atomic E-state index is 10.7. The molecule has 0 aliphatic heterocycles. The van der Waals surface area contributed by atoms with Crippen molar-refractivity contribution in [2.75, 3.05) is 11.9 Å². The lowest BCUT2D eigenvalue weighted by atomic mass is 10.2. The van der Waals surface area contributed by atoms with Crippen molar-refractivity contribution in [3.63, 3.8) is 0 Å². The highest BCUT2D eigenvalue weighted by Gasteiger charge is 2.03. The highest BCUT2D eigenvalue weighted by atomic mass is 16.4. The Morgan fingerprint density at radius 3 is 2.41 bits per heavy atom. The zero-order chi connectivity index (χ0) is 15.8. The molecule has 0 saturated heterocycles. The minimum absolute atomic E-state index is 0.255. The first-order valence-electron chi connectivity index (χ1n) is 6.54. The lowest BCUT2D eigenvalue weighted by Gasteiger charge is -2.11. The van der Waals surface area contributed by atoms with Gasteiger partial charge in [0.05, 0.1) is 17.3 Å². The minimum Gasteiger partial charge on any atom is -0.480 e. The van der Waals surface area contributed by atoms with Crippen LogP contribution in [0.2, 0.25) is 0 Å². The zero-order valence-corrected chi connectivity index (χ0v) is 11.7. The number of guanidine groups is 1. The Hall–Kier alpha value is -3.33. The van der Waals surface area contributed by atoms with E-state index >= 15 is 0 Å². The average molecular weight is 294 g/mol. The van der Waals surface area contributed by atoms with E-state index in [4.69, 9.17) is 10.4 Å². The van der Waals surface area contributed by atoms with Crippen molar-refractivity contribution in [2.24, 2.45) is 4.99 Å². The van der Waals surface area contributed by atoms with Gasteiger partial charge in [0.15, 0.2) is 0 Å². The van der Waals surface area contributed by atoms with Crippen LogP contribution >= 0.6 is 0 Å². The summed E-state index contributed by atoms with van der Waals surface area (Å²) in [7, 11) is 0. The van der Waals surface area contributed by atoms with Gasteiger partial charge in [0.1, 0.15) is 6.54 Å². The van der Waals surface area contributed by atoms with Gasteiger partial charge in [0, 0.05) is 5.69 Å². The predicted octanol–water partition coefficient (Wildman–Crippen LogP) is 2.33. The Labute approximate surface area is 127 Å². The lowest BCUT2D eigenvalue weighted by Crippen LogP contribution is -2.34. The molecule has 0 aliphatic rings. The summed E-state index contributed by atoms with van der Waals surface area (Å²) in [6, 6.07) is 18.0. The van der Waals surface area contributed by atoms with Crippen LogP contribution in [0.1, 0.15) is 5.56 Å². The van der Waals surface area contributed by atoms with Gasteiger partial charge in [-0.2, -0.15) is 5.26 Å². The molecule has 6 heteroatoms. The molecule has 2 aromatic carbocycles. The Kier molecular flexibility index (Phi) is 5.10. The van der Waals surface area contributed by atoms with E-state index in [1.165, 1.54) is 0 Å². The van der Waals surface area contributed by atoms with E-state index in [0.29, 0.717) is 17.2 Å². The molecule has 0 fully saturated rings. The minimum atomic E-state index is -0.984. The molecular formula is C16H14N4O2. The van der Waals surface area contributed by atoms with E-state index in [1.807, 2.05) is 36.4 Å². The van der Waals surface area contributed by atoms with Crippen LogP contribution in [0.25, 0.3) is 0 Å². The molecule has 0 radical (unpaired) electrons. The monoisotopic (exact) mass is 294 g/mol. The van der Waals surface area contributed by atoms with Crippen molar-refractivity contribution in [3.8, 4) is 6.07 Å². The van der Waals surface area contributed by atoms with E-state index in [1.54, 1.807) is 24.3 Å². The van der Waals surface area contributed by atoms with Crippen LogP contribution in [-0.2, 0) is 4.79 Å². The van der Waals surface area contributed by atoms with Crippen LogP contribution < -0.4 is 10.6 Å². The second-order valence-electron chi connectivity index (χ2n) is 4.36. The molecule has 0 bridgehead atoms. The molecule has 0 saturated carbocycles. The molecule has 0 heterocycles. The molecule has 22 heavy (non-hydrogen) atoms. The molecular weight excluding hydrogens is 280 g/mol. The Bertz CT molecular complexity index is 703. The summed E-state index contributed by atoms with van der Waals surface area (Å²) in [5.41, 5.74) is 1.93. The van der Waals surface area contributed by atoms with Crippen LogP contribution in [0.15, 0.2) is 59.6 Å². The fourth-order valence-electron chi connectivity index (χ4n) is 1.67. The largest absolute Gasteiger partial charge is 0.480 e. The lowest BCUT2D eigenvalue weighted by molar-refractivity contribution is -0.135. The zero-order valence-electron chi connectivity index (χ0n) is 11.7. The molecule has 0 aliphatic carbocycles. The number of nitrogens with zero attached hydrogens (tertiary/aromatic N) is 2. The standard InChI is InChI=1S/C16H14N4O2/c17-10-12-6-8-14(9-7-12)20-16(18-11-15(21)22)19-13-4-2-1-3-5-13/h1-9H,11H2,(H,21,22)(H2,18,19,20). The first kappa shape index (κ1) is 15.1. The summed E-state index contributed by atoms with van der Waals surface area (Å²) in [4.78, 5) is 15.0. The molecule has 0 spiro atoms. The van der Waals surface area contributed by atoms with Crippen molar-refractivity contribution in [1.82, 2.24) is 5.32 Å². The smallest absolute Gasteiger partial charge is 0.322 e. The molecule has 2 rings (SSSR count). The van der Waals surface area contributed by atoms with Gasteiger partial charge >= 0.3 is 5.97 Å². The van der Waals surface area contributed by atoms with E-state index in [-0.39, 0.29) is 6.54 Å². The quantitative estimate of drug-likeness (QED) is 0.594. The molecule has 0 aromatic heterocycles. The summed E-state index contributed by atoms with van der Waals surface area (Å²) >= 11 is 0. The summed E-state index contributed by atoms with van der Waals surface area (Å²) < 4.78 is 0. The van der Waals surface area contributed by atoms with E-state index in [9.17, 15) is 4.79 Å². The summed E-state index contributed by atoms with van der Waals surface area (Å²) in [6.45, 7) is -0.255. The average Bonchev–Trinajstić information content (AvgIpc) is 2.54. The molecule has 0 atom stereocenters. The van der Waals surface area contributed by atoms with Crippen molar-refractivity contribution in [3.05, 3.63) is 60.2 Å². The number of aliphatic carboxylic acids is 1. The molecule has 0 unspecified atom stereocenters. The second-order valence-corrected chi connectivity index (χ2v) is 4.36. The Morgan fingerprint density at radius 1 is 1.14 bits per heavy atom. The van der Waals surface area contributed by atoms with Crippen LogP contribution in [-0.4, -0.2) is 23.6 Å².